The normalized spacial score (nSPS) is 22.3. The Balaban J connectivity index is 1.44. The van der Waals surface area contributed by atoms with E-state index in [1.54, 1.807) is 6.07 Å². The highest BCUT2D eigenvalue weighted by atomic mass is 19.1. The van der Waals surface area contributed by atoms with Gasteiger partial charge >= 0.3 is 0 Å². The van der Waals surface area contributed by atoms with Crippen LogP contribution in [0.3, 0.4) is 0 Å². The molecule has 1 amide bonds. The molecule has 1 aromatic heterocycles. The van der Waals surface area contributed by atoms with E-state index >= 15 is 0 Å². The van der Waals surface area contributed by atoms with E-state index in [1.165, 1.54) is 6.07 Å². The first-order valence-corrected chi connectivity index (χ1v) is 8.12. The standard InChI is InChI=1S/C18H20FN3O/c1-18(14-4-2-3-5-15(14)19)10-22(11-18)17(23)12-6-7-16-13(8-12)9-20-21-16/h2-5,9,12H,6-8,10-11H2,1H3,(H,20,21). The van der Waals surface area contributed by atoms with Crippen LogP contribution >= 0.6 is 0 Å². The van der Waals surface area contributed by atoms with Crippen molar-refractivity contribution in [3.05, 3.63) is 53.1 Å². The second-order valence-corrected chi connectivity index (χ2v) is 7.05. The Bertz CT molecular complexity index is 748. The number of hydrogen-bond donors (Lipinski definition) is 1. The number of rotatable bonds is 2. The van der Waals surface area contributed by atoms with E-state index in [-0.39, 0.29) is 23.1 Å². The van der Waals surface area contributed by atoms with Crippen molar-refractivity contribution in [3.8, 4) is 0 Å². The molecule has 1 aliphatic carbocycles. The Morgan fingerprint density at radius 3 is 2.96 bits per heavy atom. The van der Waals surface area contributed by atoms with Crippen LogP contribution in [0.25, 0.3) is 0 Å². The Morgan fingerprint density at radius 1 is 1.39 bits per heavy atom. The molecule has 23 heavy (non-hydrogen) atoms. The summed E-state index contributed by atoms with van der Waals surface area (Å²) in [5.41, 5.74) is 2.77. The molecule has 0 saturated carbocycles. The molecule has 5 heteroatoms. The SMILES string of the molecule is CC1(c2ccccc2F)CN(C(=O)C2CCc3[nH]ncc3C2)C1. The molecule has 4 nitrogen and oxygen atoms in total. The van der Waals surface area contributed by atoms with Crippen molar-refractivity contribution in [1.29, 1.82) is 0 Å². The zero-order chi connectivity index (χ0) is 16.0. The van der Waals surface area contributed by atoms with Crippen LogP contribution < -0.4 is 0 Å². The molecule has 1 saturated heterocycles. The van der Waals surface area contributed by atoms with Gasteiger partial charge in [-0.15, -0.1) is 0 Å². The summed E-state index contributed by atoms with van der Waals surface area (Å²) in [5.74, 6) is 0.0544. The van der Waals surface area contributed by atoms with Crippen molar-refractivity contribution in [2.45, 2.75) is 31.6 Å². The first kappa shape index (κ1) is 14.4. The Kier molecular flexibility index (Phi) is 3.25. The van der Waals surface area contributed by atoms with Crippen LogP contribution in [-0.2, 0) is 23.1 Å². The minimum Gasteiger partial charge on any atom is -0.341 e. The molecule has 2 aliphatic rings. The molecule has 2 aromatic rings. The molecule has 1 aromatic carbocycles. The maximum atomic E-state index is 14.0. The van der Waals surface area contributed by atoms with E-state index < -0.39 is 0 Å². The average Bonchev–Trinajstić information content (AvgIpc) is 2.99. The van der Waals surface area contributed by atoms with Crippen LogP contribution in [0.5, 0.6) is 0 Å². The van der Waals surface area contributed by atoms with E-state index in [9.17, 15) is 9.18 Å². The molecular formula is C18H20FN3O. The van der Waals surface area contributed by atoms with Crippen LogP contribution in [0.1, 0.15) is 30.2 Å². The minimum absolute atomic E-state index is 0.0327. The first-order chi connectivity index (χ1) is 11.1. The summed E-state index contributed by atoms with van der Waals surface area (Å²) >= 11 is 0. The number of aryl methyl sites for hydroxylation is 1. The number of aromatic nitrogens is 2. The average molecular weight is 313 g/mol. The monoisotopic (exact) mass is 313 g/mol. The lowest BCUT2D eigenvalue weighted by molar-refractivity contribution is -0.143. The number of nitrogens with one attached hydrogen (secondary N) is 1. The van der Waals surface area contributed by atoms with E-state index in [0.717, 1.165) is 30.5 Å². The second kappa shape index (κ2) is 5.18. The molecule has 1 unspecified atom stereocenters. The van der Waals surface area contributed by atoms with Crippen LogP contribution in [0.4, 0.5) is 4.39 Å². The Morgan fingerprint density at radius 2 is 2.17 bits per heavy atom. The Hall–Kier alpha value is -2.17. The van der Waals surface area contributed by atoms with Gasteiger partial charge < -0.3 is 4.90 Å². The van der Waals surface area contributed by atoms with Gasteiger partial charge in [0.2, 0.25) is 5.91 Å². The van der Waals surface area contributed by atoms with Crippen LogP contribution in [0.15, 0.2) is 30.5 Å². The van der Waals surface area contributed by atoms with Gasteiger partial charge in [0.15, 0.2) is 0 Å². The maximum Gasteiger partial charge on any atom is 0.226 e. The fourth-order valence-corrected chi connectivity index (χ4v) is 3.96. The lowest BCUT2D eigenvalue weighted by Crippen LogP contribution is -2.61. The molecule has 4 rings (SSSR count). The summed E-state index contributed by atoms with van der Waals surface area (Å²) in [6.45, 7) is 3.23. The Labute approximate surface area is 134 Å². The van der Waals surface area contributed by atoms with E-state index in [2.05, 4.69) is 10.2 Å². The fraction of sp³-hybridized carbons (Fsp3) is 0.444. The van der Waals surface area contributed by atoms with Gasteiger partial charge in [0, 0.05) is 30.1 Å². The molecule has 1 atom stereocenters. The zero-order valence-corrected chi connectivity index (χ0v) is 13.2. The minimum atomic E-state index is -0.267. The molecule has 0 spiro atoms. The van der Waals surface area contributed by atoms with Gasteiger partial charge in [0.25, 0.3) is 0 Å². The van der Waals surface area contributed by atoms with E-state index in [4.69, 9.17) is 0 Å². The quantitative estimate of drug-likeness (QED) is 0.926. The summed E-state index contributed by atoms with van der Waals surface area (Å²) in [6, 6.07) is 6.88. The number of carbonyl (C=O) groups excluding carboxylic acids is 1. The van der Waals surface area contributed by atoms with Crippen LogP contribution in [0.2, 0.25) is 0 Å². The molecule has 1 fully saturated rings. The molecular weight excluding hydrogens is 293 g/mol. The van der Waals surface area contributed by atoms with Crippen LogP contribution in [-0.4, -0.2) is 34.1 Å². The second-order valence-electron chi connectivity index (χ2n) is 7.05. The number of likely N-dealkylation sites (tertiary alicyclic amines) is 1. The van der Waals surface area contributed by atoms with Crippen molar-refractivity contribution >= 4 is 5.91 Å². The highest BCUT2D eigenvalue weighted by Gasteiger charge is 2.45. The van der Waals surface area contributed by atoms with Crippen molar-refractivity contribution < 1.29 is 9.18 Å². The van der Waals surface area contributed by atoms with E-state index in [1.807, 2.05) is 30.2 Å². The predicted octanol–water partition coefficient (Wildman–Crippen LogP) is 2.45. The number of halogens is 1. The molecule has 1 N–H and O–H groups in total. The van der Waals surface area contributed by atoms with Crippen molar-refractivity contribution in [1.82, 2.24) is 15.1 Å². The number of hydrogen-bond acceptors (Lipinski definition) is 2. The third-order valence-electron chi connectivity index (χ3n) is 5.28. The summed E-state index contributed by atoms with van der Waals surface area (Å²) < 4.78 is 14.0. The number of carbonyl (C=O) groups is 1. The summed E-state index contributed by atoms with van der Waals surface area (Å²) in [6.07, 6.45) is 4.33. The van der Waals surface area contributed by atoms with Crippen molar-refractivity contribution in [3.63, 3.8) is 0 Å². The number of nitrogens with zero attached hydrogens (tertiary/aromatic N) is 2. The van der Waals surface area contributed by atoms with E-state index in [0.29, 0.717) is 18.7 Å². The lowest BCUT2D eigenvalue weighted by Gasteiger charge is -2.49. The predicted molar refractivity (Wildman–Crippen MR) is 84.4 cm³/mol. The first-order valence-electron chi connectivity index (χ1n) is 8.12. The third kappa shape index (κ3) is 2.35. The number of fused-ring (bicyclic) bond motifs is 1. The molecule has 120 valence electrons. The van der Waals surface area contributed by atoms with Crippen molar-refractivity contribution in [2.24, 2.45) is 5.92 Å². The number of H-pyrrole nitrogens is 1. The largest absolute Gasteiger partial charge is 0.341 e. The third-order valence-corrected chi connectivity index (χ3v) is 5.28. The lowest BCUT2D eigenvalue weighted by atomic mass is 9.74. The molecule has 1 aliphatic heterocycles. The summed E-state index contributed by atoms with van der Waals surface area (Å²) in [4.78, 5) is 14.6. The topological polar surface area (TPSA) is 49.0 Å². The van der Waals surface area contributed by atoms with Gasteiger partial charge in [-0.2, -0.15) is 5.10 Å². The van der Waals surface area contributed by atoms with Gasteiger partial charge in [0.05, 0.1) is 6.20 Å². The highest BCUT2D eigenvalue weighted by molar-refractivity contribution is 5.81. The summed E-state index contributed by atoms with van der Waals surface area (Å²) in [5, 5.41) is 7.06. The van der Waals surface area contributed by atoms with Crippen molar-refractivity contribution in [2.75, 3.05) is 13.1 Å². The highest BCUT2D eigenvalue weighted by Crippen LogP contribution is 2.37. The number of benzene rings is 1. The fourth-order valence-electron chi connectivity index (χ4n) is 3.96. The van der Waals surface area contributed by atoms with Gasteiger partial charge in [-0.25, -0.2) is 4.39 Å². The molecule has 2 heterocycles. The molecule has 0 bridgehead atoms. The van der Waals surface area contributed by atoms with Gasteiger partial charge in [-0.05, 0) is 36.5 Å². The molecule has 0 radical (unpaired) electrons. The maximum absolute atomic E-state index is 14.0. The zero-order valence-electron chi connectivity index (χ0n) is 13.2. The number of aromatic amines is 1. The van der Waals surface area contributed by atoms with Gasteiger partial charge in [-0.1, -0.05) is 25.1 Å². The number of amides is 1. The smallest absolute Gasteiger partial charge is 0.226 e. The summed E-state index contributed by atoms with van der Waals surface area (Å²) in [7, 11) is 0. The van der Waals surface area contributed by atoms with Gasteiger partial charge in [-0.3, -0.25) is 9.89 Å². The van der Waals surface area contributed by atoms with Crippen LogP contribution in [0, 0.1) is 11.7 Å². The van der Waals surface area contributed by atoms with Gasteiger partial charge in [0.1, 0.15) is 5.82 Å².